The Balaban J connectivity index is 1.63. The Morgan fingerprint density at radius 2 is 1.88 bits per heavy atom. The Morgan fingerprint density at radius 1 is 1.16 bits per heavy atom. The van der Waals surface area contributed by atoms with Gasteiger partial charge in [0.15, 0.2) is 17.4 Å². The highest BCUT2D eigenvalue weighted by atomic mass is 19.2. The normalized spacial score (nSPS) is 15.2. The second-order valence-electron chi connectivity index (χ2n) is 5.93. The largest absolute Gasteiger partial charge is 0.465 e. The maximum absolute atomic E-state index is 13.4. The molecule has 1 saturated heterocycles. The average molecular weight is 349 g/mol. The fourth-order valence-corrected chi connectivity index (χ4v) is 3.01. The van der Waals surface area contributed by atoms with Crippen LogP contribution >= 0.6 is 0 Å². The first-order chi connectivity index (χ1) is 12.0. The fourth-order valence-electron chi connectivity index (χ4n) is 3.01. The molecule has 1 aromatic carbocycles. The van der Waals surface area contributed by atoms with E-state index in [0.29, 0.717) is 25.9 Å². The monoisotopic (exact) mass is 349 g/mol. The average Bonchev–Trinajstić information content (AvgIpc) is 3.13. The van der Waals surface area contributed by atoms with Crippen LogP contribution in [0.15, 0.2) is 34.9 Å². The summed E-state index contributed by atoms with van der Waals surface area (Å²) >= 11 is 0. The standard InChI is InChI=1S/C18H17F2NO4/c1-24-18(23)13-9-16(25-10-13)17(22)21-6-4-11(5-7-21)12-2-3-14(19)15(20)8-12/h2-3,8-11H,4-7H2,1H3. The van der Waals surface area contributed by atoms with E-state index in [0.717, 1.165) is 11.6 Å². The number of amides is 1. The Hall–Kier alpha value is -2.70. The number of rotatable bonds is 3. The molecule has 5 nitrogen and oxygen atoms in total. The molecule has 1 aliphatic rings. The number of furan rings is 1. The van der Waals surface area contributed by atoms with Gasteiger partial charge in [-0.3, -0.25) is 4.79 Å². The third-order valence-electron chi connectivity index (χ3n) is 4.43. The lowest BCUT2D eigenvalue weighted by Gasteiger charge is -2.31. The third-order valence-corrected chi connectivity index (χ3v) is 4.43. The zero-order valence-electron chi connectivity index (χ0n) is 13.6. The van der Waals surface area contributed by atoms with Crippen LogP contribution in [0.3, 0.4) is 0 Å². The van der Waals surface area contributed by atoms with Crippen molar-refractivity contribution in [3.8, 4) is 0 Å². The summed E-state index contributed by atoms with van der Waals surface area (Å²) in [5, 5.41) is 0. The Bertz CT molecular complexity index is 794. The molecule has 7 heteroatoms. The summed E-state index contributed by atoms with van der Waals surface area (Å²) in [7, 11) is 1.25. The van der Waals surface area contributed by atoms with Crippen molar-refractivity contribution in [3.05, 3.63) is 59.1 Å². The van der Waals surface area contributed by atoms with Gasteiger partial charge >= 0.3 is 5.97 Å². The van der Waals surface area contributed by atoms with Crippen LogP contribution in [0.2, 0.25) is 0 Å². The zero-order chi connectivity index (χ0) is 18.0. The van der Waals surface area contributed by atoms with E-state index in [1.54, 1.807) is 11.0 Å². The molecule has 0 N–H and O–H groups in total. The van der Waals surface area contributed by atoms with E-state index in [9.17, 15) is 18.4 Å². The van der Waals surface area contributed by atoms with Crippen LogP contribution in [0, 0.1) is 11.6 Å². The van der Waals surface area contributed by atoms with Crippen molar-refractivity contribution in [1.29, 1.82) is 0 Å². The molecule has 132 valence electrons. The van der Waals surface area contributed by atoms with E-state index < -0.39 is 17.6 Å². The number of carbonyl (C=O) groups excluding carboxylic acids is 2. The minimum absolute atomic E-state index is 0.0707. The van der Waals surface area contributed by atoms with Gasteiger partial charge in [0.2, 0.25) is 0 Å². The summed E-state index contributed by atoms with van der Waals surface area (Å²) in [6, 6.07) is 5.28. The first kappa shape index (κ1) is 17.1. The van der Waals surface area contributed by atoms with Gasteiger partial charge in [0.25, 0.3) is 5.91 Å². The van der Waals surface area contributed by atoms with E-state index in [2.05, 4.69) is 4.74 Å². The molecule has 0 radical (unpaired) electrons. The lowest BCUT2D eigenvalue weighted by Crippen LogP contribution is -2.37. The molecule has 0 bridgehead atoms. The summed E-state index contributed by atoms with van der Waals surface area (Å²) in [4.78, 5) is 25.5. The molecule has 2 aromatic rings. The maximum Gasteiger partial charge on any atom is 0.341 e. The summed E-state index contributed by atoms with van der Waals surface area (Å²) in [6.45, 7) is 0.938. The van der Waals surface area contributed by atoms with Crippen molar-refractivity contribution >= 4 is 11.9 Å². The van der Waals surface area contributed by atoms with E-state index in [1.165, 1.54) is 25.5 Å². The fraction of sp³-hybridized carbons (Fsp3) is 0.333. The number of ether oxygens (including phenoxy) is 1. The van der Waals surface area contributed by atoms with Crippen LogP contribution in [0.1, 0.15) is 45.2 Å². The van der Waals surface area contributed by atoms with Crippen LogP contribution in [0.5, 0.6) is 0 Å². The molecule has 0 atom stereocenters. The highest BCUT2D eigenvalue weighted by Crippen LogP contribution is 2.29. The van der Waals surface area contributed by atoms with Crippen molar-refractivity contribution in [1.82, 2.24) is 4.90 Å². The molecule has 0 unspecified atom stereocenters. The number of carbonyl (C=O) groups is 2. The lowest BCUT2D eigenvalue weighted by molar-refractivity contribution is 0.0599. The van der Waals surface area contributed by atoms with Gasteiger partial charge in [-0.1, -0.05) is 6.07 Å². The second kappa shape index (κ2) is 7.04. The van der Waals surface area contributed by atoms with Gasteiger partial charge in [-0.25, -0.2) is 13.6 Å². The Labute approximate surface area is 143 Å². The van der Waals surface area contributed by atoms with Crippen molar-refractivity contribution in [2.45, 2.75) is 18.8 Å². The SMILES string of the molecule is COC(=O)c1coc(C(=O)N2CCC(c3ccc(F)c(F)c3)CC2)c1. The van der Waals surface area contributed by atoms with E-state index >= 15 is 0 Å². The maximum atomic E-state index is 13.4. The number of benzene rings is 1. The van der Waals surface area contributed by atoms with E-state index in [-0.39, 0.29) is 23.1 Å². The van der Waals surface area contributed by atoms with Crippen LogP contribution < -0.4 is 0 Å². The lowest BCUT2D eigenvalue weighted by atomic mass is 9.89. The zero-order valence-corrected chi connectivity index (χ0v) is 13.6. The topological polar surface area (TPSA) is 59.8 Å². The summed E-state index contributed by atoms with van der Waals surface area (Å²) < 4.78 is 36.1. The molecule has 2 heterocycles. The minimum Gasteiger partial charge on any atom is -0.465 e. The Kier molecular flexibility index (Phi) is 4.83. The van der Waals surface area contributed by atoms with Gasteiger partial charge in [-0.15, -0.1) is 0 Å². The van der Waals surface area contributed by atoms with Crippen molar-refractivity contribution < 1.29 is 27.5 Å². The second-order valence-corrected chi connectivity index (χ2v) is 5.93. The molecular formula is C18H17F2NO4. The number of piperidine rings is 1. The molecule has 0 aliphatic carbocycles. The van der Waals surface area contributed by atoms with Crippen LogP contribution in [0.25, 0.3) is 0 Å². The van der Waals surface area contributed by atoms with Crippen molar-refractivity contribution in [3.63, 3.8) is 0 Å². The quantitative estimate of drug-likeness (QED) is 0.797. The summed E-state index contributed by atoms with van der Waals surface area (Å²) in [5.74, 6) is -2.45. The number of likely N-dealkylation sites (tertiary alicyclic amines) is 1. The van der Waals surface area contributed by atoms with Gasteiger partial charge in [-0.05, 0) is 36.5 Å². The first-order valence-corrected chi connectivity index (χ1v) is 7.90. The van der Waals surface area contributed by atoms with Crippen molar-refractivity contribution in [2.24, 2.45) is 0 Å². The molecule has 1 fully saturated rings. The summed E-state index contributed by atoms with van der Waals surface area (Å²) in [6.07, 6.45) is 2.47. The van der Waals surface area contributed by atoms with Gasteiger partial charge < -0.3 is 14.1 Å². The number of methoxy groups -OCH3 is 1. The number of esters is 1. The van der Waals surface area contributed by atoms with Gasteiger partial charge in [-0.2, -0.15) is 0 Å². The number of hydrogen-bond donors (Lipinski definition) is 0. The number of hydrogen-bond acceptors (Lipinski definition) is 4. The third kappa shape index (κ3) is 3.55. The predicted octanol–water partition coefficient (Wildman–Crippen LogP) is 3.36. The van der Waals surface area contributed by atoms with Gasteiger partial charge in [0.05, 0.1) is 12.7 Å². The van der Waals surface area contributed by atoms with E-state index in [1.807, 2.05) is 0 Å². The van der Waals surface area contributed by atoms with Gasteiger partial charge in [0, 0.05) is 19.2 Å². The molecule has 3 rings (SSSR count). The molecule has 1 aromatic heterocycles. The predicted molar refractivity (Wildman–Crippen MR) is 84.3 cm³/mol. The molecule has 0 spiro atoms. The smallest absolute Gasteiger partial charge is 0.341 e. The summed E-state index contributed by atoms with van der Waals surface area (Å²) in [5.41, 5.74) is 0.916. The van der Waals surface area contributed by atoms with Crippen molar-refractivity contribution in [2.75, 3.05) is 20.2 Å². The molecule has 1 amide bonds. The highest BCUT2D eigenvalue weighted by Gasteiger charge is 2.27. The Morgan fingerprint density at radius 3 is 2.52 bits per heavy atom. The highest BCUT2D eigenvalue weighted by molar-refractivity contribution is 5.96. The van der Waals surface area contributed by atoms with Crippen LogP contribution in [-0.4, -0.2) is 37.0 Å². The minimum atomic E-state index is -0.865. The molecule has 1 aliphatic heterocycles. The first-order valence-electron chi connectivity index (χ1n) is 7.90. The molecule has 25 heavy (non-hydrogen) atoms. The number of halogens is 2. The molecular weight excluding hydrogens is 332 g/mol. The van der Waals surface area contributed by atoms with Gasteiger partial charge in [0.1, 0.15) is 6.26 Å². The van der Waals surface area contributed by atoms with Crippen LogP contribution in [0.4, 0.5) is 8.78 Å². The molecule has 0 saturated carbocycles. The van der Waals surface area contributed by atoms with E-state index in [4.69, 9.17) is 4.42 Å². The van der Waals surface area contributed by atoms with Crippen LogP contribution in [-0.2, 0) is 4.74 Å². The number of nitrogens with zero attached hydrogens (tertiary/aromatic N) is 1.